The number of benzene rings is 1. The second kappa shape index (κ2) is 4.79. The van der Waals surface area contributed by atoms with Crippen molar-refractivity contribution in [2.24, 2.45) is 11.8 Å². The maximum atomic E-state index is 12.5. The molecule has 2 fully saturated rings. The number of carbonyl (C=O) groups is 1. The van der Waals surface area contributed by atoms with E-state index in [-0.39, 0.29) is 0 Å². The van der Waals surface area contributed by atoms with Gasteiger partial charge in [-0.3, -0.25) is 4.79 Å². The zero-order chi connectivity index (χ0) is 14.3. The lowest BCUT2D eigenvalue weighted by molar-refractivity contribution is -0.137. The largest absolute Gasteiger partial charge is 0.416 e. The zero-order valence-electron chi connectivity index (χ0n) is 10.9. The van der Waals surface area contributed by atoms with Gasteiger partial charge in [0.15, 0.2) is 0 Å². The number of fused-ring (bicyclic) bond motifs is 1. The summed E-state index contributed by atoms with van der Waals surface area (Å²) < 4.78 is 37.6. The molecule has 2 nitrogen and oxygen atoms in total. The number of amides is 1. The predicted molar refractivity (Wildman–Crippen MR) is 68.0 cm³/mol. The van der Waals surface area contributed by atoms with Gasteiger partial charge in [0.2, 0.25) is 6.41 Å². The molecule has 2 aliphatic rings. The van der Waals surface area contributed by atoms with E-state index in [9.17, 15) is 18.0 Å². The number of likely N-dealkylation sites (tertiary alicyclic amines) is 1. The van der Waals surface area contributed by atoms with Crippen molar-refractivity contribution in [3.63, 3.8) is 0 Å². The highest BCUT2D eigenvalue weighted by atomic mass is 19.4. The number of carbonyl (C=O) groups excluding carboxylic acids is 1. The molecule has 3 rings (SSSR count). The summed E-state index contributed by atoms with van der Waals surface area (Å²) in [7, 11) is 0. The Labute approximate surface area is 115 Å². The molecule has 1 aromatic rings. The van der Waals surface area contributed by atoms with Gasteiger partial charge in [-0.25, -0.2) is 0 Å². The Balaban J connectivity index is 1.69. The molecule has 5 heteroatoms. The first-order chi connectivity index (χ1) is 9.47. The molecule has 0 spiro atoms. The number of rotatable bonds is 2. The van der Waals surface area contributed by atoms with Crippen molar-refractivity contribution in [2.75, 3.05) is 13.1 Å². The molecule has 0 radical (unpaired) electrons. The fourth-order valence-corrected chi connectivity index (χ4v) is 3.64. The Bertz CT molecular complexity index is 483. The van der Waals surface area contributed by atoms with Crippen LogP contribution in [0.15, 0.2) is 24.3 Å². The van der Waals surface area contributed by atoms with Gasteiger partial charge in [0.25, 0.3) is 0 Å². The van der Waals surface area contributed by atoms with Crippen molar-refractivity contribution >= 4 is 6.41 Å². The average molecular weight is 283 g/mol. The van der Waals surface area contributed by atoms with E-state index >= 15 is 0 Å². The summed E-state index contributed by atoms with van der Waals surface area (Å²) in [6, 6.07) is 5.54. The number of hydrogen-bond acceptors (Lipinski definition) is 1. The van der Waals surface area contributed by atoms with Gasteiger partial charge in [-0.1, -0.05) is 12.1 Å². The molecule has 20 heavy (non-hydrogen) atoms. The molecule has 108 valence electrons. The highest BCUT2D eigenvalue weighted by molar-refractivity contribution is 5.48. The molecule has 1 amide bonds. The lowest BCUT2D eigenvalue weighted by atomic mass is 9.95. The quantitative estimate of drug-likeness (QED) is 0.763. The number of nitrogens with zero attached hydrogens (tertiary/aromatic N) is 1. The smallest absolute Gasteiger partial charge is 0.345 e. The Morgan fingerprint density at radius 3 is 2.05 bits per heavy atom. The van der Waals surface area contributed by atoms with E-state index in [0.29, 0.717) is 17.8 Å². The fraction of sp³-hybridized carbons (Fsp3) is 0.533. The van der Waals surface area contributed by atoms with Gasteiger partial charge in [0.05, 0.1) is 5.56 Å². The highest BCUT2D eigenvalue weighted by Gasteiger charge is 2.41. The summed E-state index contributed by atoms with van der Waals surface area (Å²) in [5.41, 5.74) is 0.400. The minimum absolute atomic E-state index is 0.334. The highest BCUT2D eigenvalue weighted by Crippen LogP contribution is 2.46. The van der Waals surface area contributed by atoms with Crippen LogP contribution in [0.5, 0.6) is 0 Å². The van der Waals surface area contributed by atoms with Crippen LogP contribution in [0.4, 0.5) is 13.2 Å². The van der Waals surface area contributed by atoms with Crippen molar-refractivity contribution in [3.8, 4) is 0 Å². The number of alkyl halides is 3. The molecule has 1 saturated heterocycles. The maximum absolute atomic E-state index is 12.5. The van der Waals surface area contributed by atoms with Crippen LogP contribution in [0.1, 0.15) is 29.9 Å². The minimum Gasteiger partial charge on any atom is -0.345 e. The van der Waals surface area contributed by atoms with Gasteiger partial charge in [0.1, 0.15) is 0 Å². The van der Waals surface area contributed by atoms with Crippen LogP contribution in [-0.4, -0.2) is 24.4 Å². The van der Waals surface area contributed by atoms with E-state index in [1.165, 1.54) is 12.1 Å². The second-order valence-electron chi connectivity index (χ2n) is 5.87. The van der Waals surface area contributed by atoms with Crippen LogP contribution < -0.4 is 0 Å². The van der Waals surface area contributed by atoms with E-state index in [4.69, 9.17) is 0 Å². The second-order valence-corrected chi connectivity index (χ2v) is 5.87. The molecular formula is C15H16F3NO. The van der Waals surface area contributed by atoms with Gasteiger partial charge in [-0.2, -0.15) is 13.2 Å². The van der Waals surface area contributed by atoms with Crippen LogP contribution in [0, 0.1) is 11.8 Å². The van der Waals surface area contributed by atoms with E-state index in [1.807, 2.05) is 0 Å². The third-order valence-corrected chi connectivity index (χ3v) is 4.64. The molecule has 0 aromatic heterocycles. The van der Waals surface area contributed by atoms with Crippen LogP contribution in [0.25, 0.3) is 0 Å². The molecule has 0 N–H and O–H groups in total. The first kappa shape index (κ1) is 13.5. The maximum Gasteiger partial charge on any atom is 0.416 e. The predicted octanol–water partition coefficient (Wildman–Crippen LogP) is 3.29. The first-order valence-electron chi connectivity index (χ1n) is 6.84. The zero-order valence-corrected chi connectivity index (χ0v) is 10.9. The number of halogens is 3. The van der Waals surface area contributed by atoms with Crippen LogP contribution in [0.2, 0.25) is 0 Å². The fourth-order valence-electron chi connectivity index (χ4n) is 3.64. The summed E-state index contributed by atoms with van der Waals surface area (Å²) in [6.07, 6.45) is -1.43. The third kappa shape index (κ3) is 2.41. The van der Waals surface area contributed by atoms with Gasteiger partial charge >= 0.3 is 6.18 Å². The van der Waals surface area contributed by atoms with Crippen molar-refractivity contribution < 1.29 is 18.0 Å². The SMILES string of the molecule is O=CN1CC2CC(c3ccc(C(F)(F)F)cc3)CC2C1. The Kier molecular flexibility index (Phi) is 3.22. The molecule has 1 heterocycles. The van der Waals surface area contributed by atoms with Gasteiger partial charge in [0, 0.05) is 13.1 Å². The van der Waals surface area contributed by atoms with Crippen LogP contribution in [0.3, 0.4) is 0 Å². The Hall–Kier alpha value is -1.52. The molecular weight excluding hydrogens is 267 g/mol. The van der Waals surface area contributed by atoms with Gasteiger partial charge in [-0.05, 0) is 48.3 Å². The summed E-state index contributed by atoms with van der Waals surface area (Å²) in [4.78, 5) is 12.5. The summed E-state index contributed by atoms with van der Waals surface area (Å²) in [5, 5.41) is 0. The summed E-state index contributed by atoms with van der Waals surface area (Å²) in [5.74, 6) is 1.35. The average Bonchev–Trinajstić information content (AvgIpc) is 2.95. The lowest BCUT2D eigenvalue weighted by Crippen LogP contribution is -2.19. The third-order valence-electron chi connectivity index (χ3n) is 4.64. The van der Waals surface area contributed by atoms with E-state index in [2.05, 4.69) is 0 Å². The normalized spacial score (nSPS) is 29.6. The standard InChI is InChI=1S/C15H16F3NO/c16-15(17,18)14-3-1-10(2-4-14)11-5-12-7-19(9-20)8-13(12)6-11/h1-4,9,11-13H,5-8H2. The van der Waals surface area contributed by atoms with Crippen molar-refractivity contribution in [2.45, 2.75) is 24.9 Å². The topological polar surface area (TPSA) is 20.3 Å². The van der Waals surface area contributed by atoms with Crippen LogP contribution in [-0.2, 0) is 11.0 Å². The summed E-state index contributed by atoms with van der Waals surface area (Å²) >= 11 is 0. The Morgan fingerprint density at radius 1 is 1.05 bits per heavy atom. The van der Waals surface area contributed by atoms with E-state index in [1.54, 1.807) is 17.0 Å². The molecule has 1 aliphatic carbocycles. The molecule has 1 aliphatic heterocycles. The van der Waals surface area contributed by atoms with Crippen molar-refractivity contribution in [1.29, 1.82) is 0 Å². The lowest BCUT2D eigenvalue weighted by Gasteiger charge is -2.16. The molecule has 2 unspecified atom stereocenters. The number of hydrogen-bond donors (Lipinski definition) is 0. The molecule has 2 atom stereocenters. The first-order valence-corrected chi connectivity index (χ1v) is 6.84. The van der Waals surface area contributed by atoms with Crippen molar-refractivity contribution in [3.05, 3.63) is 35.4 Å². The van der Waals surface area contributed by atoms with E-state index < -0.39 is 11.7 Å². The summed E-state index contributed by atoms with van der Waals surface area (Å²) in [6.45, 7) is 1.59. The van der Waals surface area contributed by atoms with Gasteiger partial charge in [-0.15, -0.1) is 0 Å². The van der Waals surface area contributed by atoms with Crippen LogP contribution >= 0.6 is 0 Å². The Morgan fingerprint density at radius 2 is 1.60 bits per heavy atom. The van der Waals surface area contributed by atoms with Crippen molar-refractivity contribution in [1.82, 2.24) is 4.90 Å². The monoisotopic (exact) mass is 283 g/mol. The molecule has 0 bridgehead atoms. The molecule has 1 saturated carbocycles. The van der Waals surface area contributed by atoms with E-state index in [0.717, 1.165) is 37.9 Å². The molecule has 1 aromatic carbocycles. The van der Waals surface area contributed by atoms with Gasteiger partial charge < -0.3 is 4.90 Å². The minimum atomic E-state index is -4.27.